The van der Waals surface area contributed by atoms with Crippen LogP contribution in [0.4, 0.5) is 0 Å². The van der Waals surface area contributed by atoms with E-state index in [4.69, 9.17) is 11.6 Å². The molecule has 2 heteroatoms. The first-order valence-corrected chi connectivity index (χ1v) is 5.87. The molecule has 0 radical (unpaired) electrons. The molecule has 2 rings (SSSR count). The Labute approximate surface area is 101 Å². The van der Waals surface area contributed by atoms with Crippen molar-refractivity contribution in [1.29, 1.82) is 0 Å². The second-order valence-electron chi connectivity index (χ2n) is 3.80. The van der Waals surface area contributed by atoms with Gasteiger partial charge in [-0.2, -0.15) is 0 Å². The lowest BCUT2D eigenvalue weighted by atomic mass is 10.1. The van der Waals surface area contributed by atoms with Gasteiger partial charge in [0.15, 0.2) is 0 Å². The molecule has 1 aromatic carbocycles. The van der Waals surface area contributed by atoms with Gasteiger partial charge in [-0.05, 0) is 37.0 Å². The Hall–Kier alpha value is -1.34. The van der Waals surface area contributed by atoms with E-state index in [0.29, 0.717) is 0 Å². The molecule has 0 saturated heterocycles. The van der Waals surface area contributed by atoms with Gasteiger partial charge in [0, 0.05) is 16.9 Å². The second-order valence-corrected chi connectivity index (χ2v) is 4.24. The third kappa shape index (κ3) is 3.35. The smallest absolute Gasteiger partial charge is 0.0439 e. The SMILES string of the molecule is Clc1ccnc(CCCc2ccccc2)c1. The zero-order valence-electron chi connectivity index (χ0n) is 9.07. The first-order valence-electron chi connectivity index (χ1n) is 5.49. The molecule has 0 fully saturated rings. The molecule has 0 N–H and O–H groups in total. The summed E-state index contributed by atoms with van der Waals surface area (Å²) in [6.07, 6.45) is 4.95. The normalized spacial score (nSPS) is 10.3. The lowest BCUT2D eigenvalue weighted by Crippen LogP contribution is -1.92. The average molecular weight is 232 g/mol. The minimum Gasteiger partial charge on any atom is -0.261 e. The monoisotopic (exact) mass is 231 g/mol. The maximum absolute atomic E-state index is 5.90. The van der Waals surface area contributed by atoms with Crippen LogP contribution in [0.25, 0.3) is 0 Å². The summed E-state index contributed by atoms with van der Waals surface area (Å²) in [5, 5.41) is 0.768. The summed E-state index contributed by atoms with van der Waals surface area (Å²) in [6, 6.07) is 14.3. The lowest BCUT2D eigenvalue weighted by molar-refractivity contribution is 0.799. The average Bonchev–Trinajstić information content (AvgIpc) is 2.30. The highest BCUT2D eigenvalue weighted by Gasteiger charge is 1.97. The minimum atomic E-state index is 0.768. The Kier molecular flexibility index (Phi) is 3.95. The number of halogens is 1. The maximum Gasteiger partial charge on any atom is 0.0439 e. The van der Waals surface area contributed by atoms with Crippen LogP contribution < -0.4 is 0 Å². The van der Waals surface area contributed by atoms with E-state index in [1.165, 1.54) is 5.56 Å². The second kappa shape index (κ2) is 5.66. The predicted molar refractivity (Wildman–Crippen MR) is 67.7 cm³/mol. The number of pyridine rings is 1. The molecule has 0 saturated carbocycles. The van der Waals surface area contributed by atoms with Gasteiger partial charge in [-0.25, -0.2) is 0 Å². The van der Waals surface area contributed by atoms with Crippen LogP contribution in [0.1, 0.15) is 17.7 Å². The van der Waals surface area contributed by atoms with E-state index in [9.17, 15) is 0 Å². The fourth-order valence-electron chi connectivity index (χ4n) is 1.70. The quantitative estimate of drug-likeness (QED) is 0.778. The Morgan fingerprint density at radius 2 is 1.81 bits per heavy atom. The fourth-order valence-corrected chi connectivity index (χ4v) is 1.89. The summed E-state index contributed by atoms with van der Waals surface area (Å²) < 4.78 is 0. The Morgan fingerprint density at radius 3 is 2.56 bits per heavy atom. The summed E-state index contributed by atoms with van der Waals surface area (Å²) in [7, 11) is 0. The zero-order chi connectivity index (χ0) is 11.2. The van der Waals surface area contributed by atoms with Crippen molar-refractivity contribution in [1.82, 2.24) is 4.98 Å². The molecule has 0 spiro atoms. The van der Waals surface area contributed by atoms with Crippen molar-refractivity contribution in [3.8, 4) is 0 Å². The first-order chi connectivity index (χ1) is 7.84. The molecule has 0 aliphatic carbocycles. The van der Waals surface area contributed by atoms with Crippen molar-refractivity contribution in [2.75, 3.05) is 0 Å². The summed E-state index contributed by atoms with van der Waals surface area (Å²) >= 11 is 5.90. The number of benzene rings is 1. The summed E-state index contributed by atoms with van der Waals surface area (Å²) in [5.41, 5.74) is 2.45. The van der Waals surface area contributed by atoms with Gasteiger partial charge >= 0.3 is 0 Å². The Balaban J connectivity index is 1.85. The molecule has 0 bridgehead atoms. The van der Waals surface area contributed by atoms with Crippen molar-refractivity contribution in [2.24, 2.45) is 0 Å². The topological polar surface area (TPSA) is 12.9 Å². The summed E-state index contributed by atoms with van der Waals surface area (Å²) in [4.78, 5) is 4.29. The fraction of sp³-hybridized carbons (Fsp3) is 0.214. The van der Waals surface area contributed by atoms with Crippen LogP contribution in [-0.2, 0) is 12.8 Å². The van der Waals surface area contributed by atoms with Crippen LogP contribution in [0.5, 0.6) is 0 Å². The van der Waals surface area contributed by atoms with Crippen molar-refractivity contribution < 1.29 is 0 Å². The number of rotatable bonds is 4. The molecular formula is C14H14ClN. The highest BCUT2D eigenvalue weighted by Crippen LogP contribution is 2.11. The van der Waals surface area contributed by atoms with E-state index < -0.39 is 0 Å². The van der Waals surface area contributed by atoms with E-state index in [-0.39, 0.29) is 0 Å². The third-order valence-corrected chi connectivity index (χ3v) is 2.75. The van der Waals surface area contributed by atoms with Crippen LogP contribution >= 0.6 is 11.6 Å². The maximum atomic E-state index is 5.90. The number of aryl methyl sites for hydroxylation is 2. The van der Waals surface area contributed by atoms with Crippen LogP contribution in [0, 0.1) is 0 Å². The van der Waals surface area contributed by atoms with Gasteiger partial charge in [0.1, 0.15) is 0 Å². The first kappa shape index (κ1) is 11.2. The molecular weight excluding hydrogens is 218 g/mol. The Morgan fingerprint density at radius 1 is 1.00 bits per heavy atom. The van der Waals surface area contributed by atoms with Gasteiger partial charge < -0.3 is 0 Å². The van der Waals surface area contributed by atoms with E-state index in [0.717, 1.165) is 30.0 Å². The molecule has 0 amide bonds. The summed E-state index contributed by atoms with van der Waals surface area (Å²) in [5.74, 6) is 0. The number of hydrogen-bond acceptors (Lipinski definition) is 1. The predicted octanol–water partition coefficient (Wildman–Crippen LogP) is 3.91. The van der Waals surface area contributed by atoms with Gasteiger partial charge in [0.05, 0.1) is 0 Å². The molecule has 1 heterocycles. The van der Waals surface area contributed by atoms with Crippen molar-refractivity contribution in [2.45, 2.75) is 19.3 Å². The lowest BCUT2D eigenvalue weighted by Gasteiger charge is -2.01. The standard InChI is InChI=1S/C14H14ClN/c15-13-9-10-16-14(11-13)8-4-7-12-5-2-1-3-6-12/h1-3,5-6,9-11H,4,7-8H2. The minimum absolute atomic E-state index is 0.768. The summed E-state index contributed by atoms with van der Waals surface area (Å²) in [6.45, 7) is 0. The van der Waals surface area contributed by atoms with Crippen molar-refractivity contribution >= 4 is 11.6 Å². The molecule has 0 aliphatic rings. The van der Waals surface area contributed by atoms with Crippen LogP contribution in [-0.4, -0.2) is 4.98 Å². The van der Waals surface area contributed by atoms with Crippen LogP contribution in [0.15, 0.2) is 48.7 Å². The van der Waals surface area contributed by atoms with Gasteiger partial charge in [-0.3, -0.25) is 4.98 Å². The molecule has 1 nitrogen and oxygen atoms in total. The van der Waals surface area contributed by atoms with Crippen LogP contribution in [0.3, 0.4) is 0 Å². The number of nitrogens with zero attached hydrogens (tertiary/aromatic N) is 1. The highest BCUT2D eigenvalue weighted by molar-refractivity contribution is 6.30. The molecule has 1 aromatic heterocycles. The largest absolute Gasteiger partial charge is 0.261 e. The molecule has 0 aliphatic heterocycles. The molecule has 16 heavy (non-hydrogen) atoms. The highest BCUT2D eigenvalue weighted by atomic mass is 35.5. The van der Waals surface area contributed by atoms with E-state index in [1.807, 2.05) is 18.2 Å². The molecule has 0 unspecified atom stereocenters. The zero-order valence-corrected chi connectivity index (χ0v) is 9.82. The van der Waals surface area contributed by atoms with E-state index in [1.54, 1.807) is 6.20 Å². The molecule has 0 atom stereocenters. The third-order valence-electron chi connectivity index (χ3n) is 2.52. The van der Waals surface area contributed by atoms with Crippen molar-refractivity contribution in [3.05, 3.63) is 64.9 Å². The van der Waals surface area contributed by atoms with Crippen molar-refractivity contribution in [3.63, 3.8) is 0 Å². The number of hydrogen-bond donors (Lipinski definition) is 0. The van der Waals surface area contributed by atoms with Gasteiger partial charge in [-0.15, -0.1) is 0 Å². The molecule has 2 aromatic rings. The molecule has 82 valence electrons. The van der Waals surface area contributed by atoms with Gasteiger partial charge in [0.25, 0.3) is 0 Å². The van der Waals surface area contributed by atoms with E-state index >= 15 is 0 Å². The van der Waals surface area contributed by atoms with E-state index in [2.05, 4.69) is 29.2 Å². The van der Waals surface area contributed by atoms with Crippen LogP contribution in [0.2, 0.25) is 5.02 Å². The van der Waals surface area contributed by atoms with Gasteiger partial charge in [-0.1, -0.05) is 41.9 Å². The van der Waals surface area contributed by atoms with Gasteiger partial charge in [0.2, 0.25) is 0 Å². The Bertz CT molecular complexity index is 439. The number of aromatic nitrogens is 1.